The molecule has 0 aliphatic rings. The first kappa shape index (κ1) is 24.2. The lowest BCUT2D eigenvalue weighted by Crippen LogP contribution is -2.38. The number of ether oxygens (including phenoxy) is 2. The molecule has 1 heterocycles. The minimum atomic E-state index is -0.748. The summed E-state index contributed by atoms with van der Waals surface area (Å²) in [5.41, 5.74) is -0.914. The van der Waals surface area contributed by atoms with Gasteiger partial charge in [-0.15, -0.1) is 0 Å². The van der Waals surface area contributed by atoms with Crippen LogP contribution in [0.1, 0.15) is 56.0 Å². The lowest BCUT2D eigenvalue weighted by molar-refractivity contribution is -0.166. The Morgan fingerprint density at radius 3 is 2.39 bits per heavy atom. The van der Waals surface area contributed by atoms with Crippen LogP contribution in [0.5, 0.6) is 5.75 Å². The van der Waals surface area contributed by atoms with Crippen LogP contribution in [0.4, 0.5) is 0 Å². The first-order valence-electron chi connectivity index (χ1n) is 11.0. The number of carbonyl (C=O) groups excluding carboxylic acids is 2. The molecule has 0 saturated carbocycles. The second kappa shape index (κ2) is 10.4. The zero-order valence-corrected chi connectivity index (χ0v) is 19.0. The normalized spacial score (nSPS) is 12.4. The van der Waals surface area contributed by atoms with Gasteiger partial charge in [0.25, 0.3) is 0 Å². The second-order valence-electron chi connectivity index (χ2n) is 8.05. The molecule has 0 aliphatic carbocycles. The summed E-state index contributed by atoms with van der Waals surface area (Å²) in [6.45, 7) is 5.14. The molecule has 0 bridgehead atoms. The van der Waals surface area contributed by atoms with E-state index in [9.17, 15) is 19.5 Å². The molecule has 1 atom stereocenters. The van der Waals surface area contributed by atoms with Crippen molar-refractivity contribution in [3.05, 3.63) is 76.1 Å². The Hall–Kier alpha value is -3.45. The van der Waals surface area contributed by atoms with Gasteiger partial charge in [0.1, 0.15) is 22.5 Å². The van der Waals surface area contributed by atoms with Crippen molar-refractivity contribution in [2.45, 2.75) is 51.7 Å². The minimum Gasteiger partial charge on any atom is -0.482 e. The third-order valence-electron chi connectivity index (χ3n) is 5.63. The van der Waals surface area contributed by atoms with Gasteiger partial charge in [0.05, 0.1) is 6.10 Å². The van der Waals surface area contributed by atoms with Crippen molar-refractivity contribution in [3.63, 3.8) is 0 Å². The van der Waals surface area contributed by atoms with Gasteiger partial charge in [0, 0.05) is 23.4 Å². The van der Waals surface area contributed by atoms with Crippen LogP contribution in [0.3, 0.4) is 0 Å². The predicted molar refractivity (Wildman–Crippen MR) is 124 cm³/mol. The highest BCUT2D eigenvalue weighted by Crippen LogP contribution is 2.27. The van der Waals surface area contributed by atoms with Gasteiger partial charge in [-0.25, -0.2) is 9.59 Å². The van der Waals surface area contributed by atoms with E-state index in [0.29, 0.717) is 36.0 Å². The van der Waals surface area contributed by atoms with Crippen LogP contribution in [0.15, 0.2) is 63.8 Å². The number of aliphatic hydroxyl groups excluding tert-OH is 1. The van der Waals surface area contributed by atoms with Crippen LogP contribution in [-0.4, -0.2) is 35.2 Å². The molecule has 0 aliphatic heterocycles. The van der Waals surface area contributed by atoms with Crippen LogP contribution >= 0.6 is 0 Å². The van der Waals surface area contributed by atoms with Crippen molar-refractivity contribution in [1.82, 2.24) is 0 Å². The molecule has 33 heavy (non-hydrogen) atoms. The molecular formula is C26H28O7. The van der Waals surface area contributed by atoms with Crippen LogP contribution in [-0.2, 0) is 9.53 Å². The molecule has 3 rings (SSSR count). The van der Waals surface area contributed by atoms with Gasteiger partial charge in [-0.05, 0) is 38.0 Å². The van der Waals surface area contributed by atoms with E-state index in [0.717, 1.165) is 0 Å². The van der Waals surface area contributed by atoms with Crippen molar-refractivity contribution >= 4 is 22.7 Å². The Morgan fingerprint density at radius 1 is 1.06 bits per heavy atom. The molecule has 7 heteroatoms. The van der Waals surface area contributed by atoms with Crippen molar-refractivity contribution in [2.75, 3.05) is 6.61 Å². The van der Waals surface area contributed by atoms with E-state index < -0.39 is 29.1 Å². The van der Waals surface area contributed by atoms with E-state index in [-0.39, 0.29) is 17.8 Å². The molecule has 7 nitrogen and oxygen atoms in total. The summed E-state index contributed by atoms with van der Waals surface area (Å²) < 4.78 is 16.5. The SMILES string of the molecule is CCC(CC)(CC(C)O)OC(=O)COc1ccc2cc(C(=O)c3ccccc3)c(=O)oc2c1. The molecule has 174 valence electrons. The topological polar surface area (TPSA) is 103 Å². The van der Waals surface area contributed by atoms with Gasteiger partial charge in [-0.2, -0.15) is 0 Å². The summed E-state index contributed by atoms with van der Waals surface area (Å²) in [6, 6.07) is 14.7. The van der Waals surface area contributed by atoms with Gasteiger partial charge >= 0.3 is 11.6 Å². The number of fused-ring (bicyclic) bond motifs is 1. The highest BCUT2D eigenvalue weighted by molar-refractivity contribution is 6.09. The molecule has 0 amide bonds. The monoisotopic (exact) mass is 452 g/mol. The smallest absolute Gasteiger partial charge is 0.347 e. The fourth-order valence-electron chi connectivity index (χ4n) is 3.76. The van der Waals surface area contributed by atoms with Gasteiger partial charge in [-0.3, -0.25) is 4.79 Å². The van der Waals surface area contributed by atoms with Crippen LogP contribution in [0.2, 0.25) is 0 Å². The van der Waals surface area contributed by atoms with Gasteiger partial charge < -0.3 is 19.0 Å². The number of hydrogen-bond acceptors (Lipinski definition) is 7. The van der Waals surface area contributed by atoms with Crippen molar-refractivity contribution in [3.8, 4) is 5.75 Å². The summed E-state index contributed by atoms with van der Waals surface area (Å²) in [6.07, 6.45) is 0.897. The summed E-state index contributed by atoms with van der Waals surface area (Å²) in [5.74, 6) is -0.648. The van der Waals surface area contributed by atoms with E-state index in [1.807, 2.05) is 13.8 Å². The summed E-state index contributed by atoms with van der Waals surface area (Å²) >= 11 is 0. The largest absolute Gasteiger partial charge is 0.482 e. The molecule has 1 unspecified atom stereocenters. The van der Waals surface area contributed by atoms with E-state index in [1.165, 1.54) is 12.1 Å². The number of hydrogen-bond donors (Lipinski definition) is 1. The number of aliphatic hydroxyl groups is 1. The lowest BCUT2D eigenvalue weighted by atomic mass is 9.90. The number of ketones is 1. The average Bonchev–Trinajstić information content (AvgIpc) is 2.81. The quantitative estimate of drug-likeness (QED) is 0.278. The maximum atomic E-state index is 12.6. The maximum absolute atomic E-state index is 12.6. The molecular weight excluding hydrogens is 424 g/mol. The fourth-order valence-corrected chi connectivity index (χ4v) is 3.76. The fraction of sp³-hybridized carbons (Fsp3) is 0.346. The molecule has 0 radical (unpaired) electrons. The van der Waals surface area contributed by atoms with Crippen LogP contribution < -0.4 is 10.4 Å². The number of rotatable bonds is 10. The second-order valence-corrected chi connectivity index (χ2v) is 8.05. The van der Waals surface area contributed by atoms with Gasteiger partial charge in [0.2, 0.25) is 0 Å². The molecule has 1 aromatic heterocycles. The Bertz CT molecular complexity index is 1170. The Balaban J connectivity index is 1.73. The Morgan fingerprint density at radius 2 is 1.76 bits per heavy atom. The third kappa shape index (κ3) is 5.87. The van der Waals surface area contributed by atoms with Crippen molar-refractivity contribution in [1.29, 1.82) is 0 Å². The van der Waals surface area contributed by atoms with E-state index >= 15 is 0 Å². The molecule has 0 spiro atoms. The highest BCUT2D eigenvalue weighted by atomic mass is 16.6. The molecule has 2 aromatic carbocycles. The molecule has 0 saturated heterocycles. The molecule has 1 N–H and O–H groups in total. The van der Waals surface area contributed by atoms with Crippen molar-refractivity contribution in [2.24, 2.45) is 0 Å². The standard InChI is InChI=1S/C26H28O7/c1-4-26(5-2,15-17(3)27)33-23(28)16-31-20-12-11-19-13-21(25(30)32-22(19)14-20)24(29)18-9-7-6-8-10-18/h6-14,17,27H,4-5,15-16H2,1-3H3. The van der Waals surface area contributed by atoms with E-state index in [4.69, 9.17) is 13.9 Å². The number of carbonyl (C=O) groups is 2. The summed E-state index contributed by atoms with van der Waals surface area (Å²) in [5, 5.41) is 10.3. The predicted octanol–water partition coefficient (Wildman–Crippen LogP) is 4.28. The minimum absolute atomic E-state index is 0.0560. The van der Waals surface area contributed by atoms with Crippen LogP contribution in [0, 0.1) is 0 Å². The maximum Gasteiger partial charge on any atom is 0.347 e. The molecule has 0 fully saturated rings. The van der Waals surface area contributed by atoms with Gasteiger partial charge in [0.15, 0.2) is 12.4 Å². The Kier molecular flexibility index (Phi) is 7.66. The average molecular weight is 453 g/mol. The van der Waals surface area contributed by atoms with Gasteiger partial charge in [-0.1, -0.05) is 44.2 Å². The summed E-state index contributed by atoms with van der Waals surface area (Å²) in [7, 11) is 0. The number of esters is 1. The van der Waals surface area contributed by atoms with Crippen molar-refractivity contribution < 1.29 is 28.6 Å². The highest BCUT2D eigenvalue weighted by Gasteiger charge is 2.32. The Labute approximate surface area is 191 Å². The number of benzene rings is 2. The first-order valence-corrected chi connectivity index (χ1v) is 11.0. The molecule has 3 aromatic rings. The third-order valence-corrected chi connectivity index (χ3v) is 5.63. The van der Waals surface area contributed by atoms with E-state index in [1.54, 1.807) is 49.4 Å². The van der Waals surface area contributed by atoms with E-state index in [2.05, 4.69) is 0 Å². The zero-order chi connectivity index (χ0) is 24.0. The zero-order valence-electron chi connectivity index (χ0n) is 19.0. The summed E-state index contributed by atoms with van der Waals surface area (Å²) in [4.78, 5) is 37.4. The van der Waals surface area contributed by atoms with Crippen LogP contribution in [0.25, 0.3) is 11.0 Å². The lowest BCUT2D eigenvalue weighted by Gasteiger charge is -2.32. The first-order chi connectivity index (χ1) is 15.8.